The summed E-state index contributed by atoms with van der Waals surface area (Å²) in [7, 11) is 0. The normalized spacial score (nSPS) is 11.8. The van der Waals surface area contributed by atoms with Crippen molar-refractivity contribution >= 4 is 49.3 Å². The Kier molecular flexibility index (Phi) is 11.4. The average Bonchev–Trinajstić information content (AvgIpc) is 3.46. The van der Waals surface area contributed by atoms with Gasteiger partial charge in [-0.05, 0) is 75.6 Å². The molecule has 0 amide bonds. The number of furan rings is 1. The van der Waals surface area contributed by atoms with Crippen LogP contribution in [0.3, 0.4) is 0 Å². The van der Waals surface area contributed by atoms with Gasteiger partial charge in [-0.1, -0.05) is 38.6 Å². The Morgan fingerprint density at radius 3 is 2.34 bits per heavy atom. The molecule has 0 spiro atoms. The van der Waals surface area contributed by atoms with Crippen molar-refractivity contribution in [3.05, 3.63) is 70.6 Å². The van der Waals surface area contributed by atoms with Gasteiger partial charge >= 0.3 is 0 Å². The van der Waals surface area contributed by atoms with Gasteiger partial charge in [0.15, 0.2) is 5.78 Å². The van der Waals surface area contributed by atoms with Crippen LogP contribution in [0.1, 0.15) is 69.5 Å². The predicted octanol–water partition coefficient (Wildman–Crippen LogP) is 9.85. The molecule has 0 saturated heterocycles. The number of aromatic nitrogens is 2. The summed E-state index contributed by atoms with van der Waals surface area (Å²) in [6.07, 6.45) is 6.77. The Morgan fingerprint density at radius 2 is 1.68 bits per heavy atom. The molecule has 0 aliphatic carbocycles. The summed E-state index contributed by atoms with van der Waals surface area (Å²) >= 11 is 1.80. The molecule has 5 aromatic rings. The van der Waals surface area contributed by atoms with E-state index in [1.807, 2.05) is 59.0 Å². The van der Waals surface area contributed by atoms with Crippen LogP contribution < -0.4 is 0 Å². The number of aliphatic hydroxyl groups is 1. The molecule has 0 unspecified atom stereocenters. The van der Waals surface area contributed by atoms with E-state index in [1.165, 1.54) is 26.6 Å². The second-order valence-corrected chi connectivity index (χ2v) is 11.6. The molecule has 5 nitrogen and oxygen atoms in total. The van der Waals surface area contributed by atoms with Crippen LogP contribution in [0.25, 0.3) is 43.4 Å². The molecule has 1 N–H and O–H groups in total. The first kappa shape index (κ1) is 32.7. The number of fused-ring (bicyclic) bond motifs is 4. The third-order valence-corrected chi connectivity index (χ3v) is 9.01. The van der Waals surface area contributed by atoms with Gasteiger partial charge in [0, 0.05) is 70.6 Å². The van der Waals surface area contributed by atoms with E-state index in [0.29, 0.717) is 5.71 Å². The molecule has 0 aliphatic rings. The standard InChI is InChI=1S/C21H15N2OS.C13H24O2.Ir/c1-11-7-8-15-14-5-4-6-16(20(14)24-21(15)23-11)19-18-12(2)13(3)25-17(18)9-10-22-19;1-5-10(6-2)12(14)9-13(15)11(7-3)8-4;/h4-5,7-10H,1-3H3;9-11,14H,5-8H2,1-4H3;/q-1;;/b;12-9-;. The first-order valence-electron chi connectivity index (χ1n) is 14.2. The van der Waals surface area contributed by atoms with Crippen LogP contribution in [-0.2, 0) is 24.9 Å². The van der Waals surface area contributed by atoms with Crippen molar-refractivity contribution in [1.29, 1.82) is 0 Å². The van der Waals surface area contributed by atoms with E-state index >= 15 is 0 Å². The zero-order valence-electron chi connectivity index (χ0n) is 24.9. The minimum absolute atomic E-state index is 0. The van der Waals surface area contributed by atoms with Crippen molar-refractivity contribution in [3.8, 4) is 11.3 Å². The number of rotatable bonds is 8. The maximum atomic E-state index is 11.7. The second-order valence-electron chi connectivity index (χ2n) is 10.3. The molecule has 0 saturated carbocycles. The molecule has 0 bridgehead atoms. The van der Waals surface area contributed by atoms with Crippen molar-refractivity contribution in [1.82, 2.24) is 9.97 Å². The number of thiophene rings is 1. The van der Waals surface area contributed by atoms with E-state index in [-0.39, 0.29) is 43.5 Å². The summed E-state index contributed by atoms with van der Waals surface area (Å²) in [5.74, 6) is 0.547. The van der Waals surface area contributed by atoms with E-state index in [9.17, 15) is 9.90 Å². The molecule has 41 heavy (non-hydrogen) atoms. The first-order chi connectivity index (χ1) is 19.2. The van der Waals surface area contributed by atoms with Crippen LogP contribution in [0.5, 0.6) is 0 Å². The van der Waals surface area contributed by atoms with Gasteiger partial charge in [0.2, 0.25) is 5.71 Å². The van der Waals surface area contributed by atoms with Gasteiger partial charge in [-0.3, -0.25) is 4.79 Å². The van der Waals surface area contributed by atoms with Crippen molar-refractivity contribution in [2.75, 3.05) is 0 Å². The van der Waals surface area contributed by atoms with Crippen LogP contribution in [0.2, 0.25) is 0 Å². The third kappa shape index (κ3) is 6.80. The molecule has 4 aromatic heterocycles. The van der Waals surface area contributed by atoms with Gasteiger partial charge in [-0.25, -0.2) is 4.98 Å². The summed E-state index contributed by atoms with van der Waals surface area (Å²) < 4.78 is 7.38. The monoisotopic (exact) mass is 748 g/mol. The molecule has 5 rings (SSSR count). The Balaban J connectivity index is 0.000000253. The molecule has 4 heterocycles. The maximum Gasteiger partial charge on any atom is 0.216 e. The summed E-state index contributed by atoms with van der Waals surface area (Å²) in [5.41, 5.74) is 5.53. The number of benzene rings is 1. The molecular formula is C34H39IrN2O3S-. The summed E-state index contributed by atoms with van der Waals surface area (Å²) in [5, 5.41) is 13.0. The van der Waals surface area contributed by atoms with E-state index in [4.69, 9.17) is 4.42 Å². The van der Waals surface area contributed by atoms with Crippen LogP contribution in [-0.4, -0.2) is 20.9 Å². The molecule has 1 aromatic carbocycles. The van der Waals surface area contributed by atoms with Crippen LogP contribution in [0.15, 0.2) is 52.8 Å². The number of aryl methyl sites for hydroxylation is 3. The predicted molar refractivity (Wildman–Crippen MR) is 167 cm³/mol. The number of hydrogen-bond acceptors (Lipinski definition) is 6. The number of allylic oxidation sites excluding steroid dienone is 2. The van der Waals surface area contributed by atoms with Gasteiger partial charge in [-0.15, -0.1) is 29.5 Å². The summed E-state index contributed by atoms with van der Waals surface area (Å²) in [6.45, 7) is 14.4. The van der Waals surface area contributed by atoms with Crippen molar-refractivity contribution in [2.45, 2.75) is 74.1 Å². The number of pyridine rings is 2. The van der Waals surface area contributed by atoms with Crippen LogP contribution in [0, 0.1) is 38.7 Å². The number of carbonyl (C=O) groups excluding carboxylic acids is 1. The fourth-order valence-electron chi connectivity index (χ4n) is 5.17. The van der Waals surface area contributed by atoms with E-state index in [2.05, 4.69) is 42.0 Å². The van der Waals surface area contributed by atoms with Gasteiger partial charge in [0.1, 0.15) is 0 Å². The van der Waals surface area contributed by atoms with E-state index in [0.717, 1.165) is 59.0 Å². The minimum atomic E-state index is 0. The van der Waals surface area contributed by atoms with Crippen molar-refractivity contribution in [2.24, 2.45) is 11.8 Å². The van der Waals surface area contributed by atoms with Crippen LogP contribution >= 0.6 is 11.3 Å². The zero-order valence-corrected chi connectivity index (χ0v) is 28.1. The maximum absolute atomic E-state index is 11.7. The minimum Gasteiger partial charge on any atom is -0.512 e. The molecule has 0 atom stereocenters. The summed E-state index contributed by atoms with van der Waals surface area (Å²) in [6, 6.07) is 13.5. The first-order valence-corrected chi connectivity index (χ1v) is 15.0. The number of ketones is 1. The zero-order chi connectivity index (χ0) is 29.0. The molecule has 1 radical (unpaired) electrons. The smallest absolute Gasteiger partial charge is 0.216 e. The molecule has 0 aliphatic heterocycles. The average molecular weight is 748 g/mol. The quantitative estimate of drug-likeness (QED) is 0.0972. The van der Waals surface area contributed by atoms with Gasteiger partial charge in [-0.2, -0.15) is 0 Å². The van der Waals surface area contributed by atoms with Gasteiger partial charge in [0.05, 0.1) is 11.3 Å². The topological polar surface area (TPSA) is 76.2 Å². The molecule has 219 valence electrons. The largest absolute Gasteiger partial charge is 0.512 e. The van der Waals surface area contributed by atoms with Gasteiger partial charge < -0.3 is 14.5 Å². The van der Waals surface area contributed by atoms with Gasteiger partial charge in [0.25, 0.3) is 0 Å². The van der Waals surface area contributed by atoms with Crippen molar-refractivity contribution in [3.63, 3.8) is 0 Å². The molecule has 7 heteroatoms. The third-order valence-electron chi connectivity index (χ3n) is 7.84. The molecular weight excluding hydrogens is 709 g/mol. The number of hydrogen-bond donors (Lipinski definition) is 1. The molecule has 0 fully saturated rings. The Morgan fingerprint density at radius 1 is 1.00 bits per heavy atom. The summed E-state index contributed by atoms with van der Waals surface area (Å²) in [4.78, 5) is 22.3. The number of nitrogens with zero attached hydrogens (tertiary/aromatic N) is 2. The Hall–Kier alpha value is -2.86. The fourth-order valence-corrected chi connectivity index (χ4v) is 6.23. The second kappa shape index (κ2) is 14.4. The fraction of sp³-hybridized carbons (Fsp3) is 0.382. The SMILES string of the molecule is CCC(CC)C(=O)/C=C(\O)C(CC)CC.Cc1ccc2c(n1)oc1c(-c3nccc4sc(C)c(C)c34)[c-]ccc12.[Ir]. The Bertz CT molecular complexity index is 1680. The van der Waals surface area contributed by atoms with Crippen LogP contribution in [0.4, 0.5) is 0 Å². The number of aliphatic hydroxyl groups excluding tert-OH is 1. The number of carbonyl (C=O) groups is 1. The van der Waals surface area contributed by atoms with E-state index < -0.39 is 0 Å². The van der Waals surface area contributed by atoms with E-state index in [1.54, 1.807) is 11.3 Å². The Labute approximate surface area is 260 Å². The van der Waals surface area contributed by atoms with Crippen molar-refractivity contribution < 1.29 is 34.4 Å².